The van der Waals surface area contributed by atoms with E-state index in [0.717, 1.165) is 45.4 Å². The molecule has 2 heterocycles. The molecule has 3 rings (SSSR count). The van der Waals surface area contributed by atoms with Crippen molar-refractivity contribution in [2.24, 2.45) is 4.99 Å². The van der Waals surface area contributed by atoms with Crippen molar-refractivity contribution >= 4 is 5.96 Å². The van der Waals surface area contributed by atoms with Gasteiger partial charge in [-0.15, -0.1) is 0 Å². The molecular formula is C18H32N6O2. The molecule has 26 heavy (non-hydrogen) atoms. The first-order valence-corrected chi connectivity index (χ1v) is 9.86. The predicted molar refractivity (Wildman–Crippen MR) is 100 cm³/mol. The summed E-state index contributed by atoms with van der Waals surface area (Å²) >= 11 is 0. The van der Waals surface area contributed by atoms with E-state index in [1.165, 1.54) is 32.1 Å². The highest BCUT2D eigenvalue weighted by Crippen LogP contribution is 2.33. The van der Waals surface area contributed by atoms with Crippen LogP contribution in [0.1, 0.15) is 50.7 Å². The molecule has 146 valence electrons. The van der Waals surface area contributed by atoms with E-state index in [9.17, 15) is 0 Å². The molecule has 0 radical (unpaired) electrons. The van der Waals surface area contributed by atoms with E-state index in [1.54, 1.807) is 6.92 Å². The highest BCUT2D eigenvalue weighted by atomic mass is 16.5. The normalized spacial score (nSPS) is 21.5. The number of hydrogen-bond donors (Lipinski definition) is 2. The lowest BCUT2D eigenvalue weighted by atomic mass is 9.80. The van der Waals surface area contributed by atoms with E-state index in [1.807, 2.05) is 0 Å². The molecule has 0 spiro atoms. The highest BCUT2D eigenvalue weighted by molar-refractivity contribution is 5.79. The summed E-state index contributed by atoms with van der Waals surface area (Å²) in [6, 6.07) is 0. The number of rotatable bonds is 6. The Labute approximate surface area is 155 Å². The summed E-state index contributed by atoms with van der Waals surface area (Å²) in [5.74, 6) is 2.00. The molecule has 2 fully saturated rings. The van der Waals surface area contributed by atoms with Gasteiger partial charge in [0.15, 0.2) is 11.8 Å². The van der Waals surface area contributed by atoms with Gasteiger partial charge in [-0.1, -0.05) is 24.4 Å². The molecule has 2 N–H and O–H groups in total. The summed E-state index contributed by atoms with van der Waals surface area (Å²) in [6.45, 7) is 9.74. The topological polar surface area (TPSA) is 87.8 Å². The Morgan fingerprint density at radius 1 is 1.19 bits per heavy atom. The molecule has 1 saturated heterocycles. The van der Waals surface area contributed by atoms with Crippen LogP contribution in [-0.2, 0) is 11.3 Å². The van der Waals surface area contributed by atoms with E-state index < -0.39 is 0 Å². The number of aromatic nitrogens is 2. The van der Waals surface area contributed by atoms with E-state index in [-0.39, 0.29) is 5.54 Å². The summed E-state index contributed by atoms with van der Waals surface area (Å²) in [7, 11) is 0. The summed E-state index contributed by atoms with van der Waals surface area (Å²) < 4.78 is 10.6. The lowest BCUT2D eigenvalue weighted by molar-refractivity contribution is -0.0352. The molecule has 1 aromatic rings. The lowest BCUT2D eigenvalue weighted by Gasteiger charge is -2.48. The molecule has 0 unspecified atom stereocenters. The van der Waals surface area contributed by atoms with Crippen LogP contribution in [-0.4, -0.2) is 65.9 Å². The van der Waals surface area contributed by atoms with Crippen LogP contribution in [0.5, 0.6) is 0 Å². The van der Waals surface area contributed by atoms with Crippen LogP contribution >= 0.6 is 0 Å². The van der Waals surface area contributed by atoms with Gasteiger partial charge in [0.2, 0.25) is 5.89 Å². The van der Waals surface area contributed by atoms with Gasteiger partial charge >= 0.3 is 0 Å². The molecule has 0 amide bonds. The average Bonchev–Trinajstić information content (AvgIpc) is 3.11. The summed E-state index contributed by atoms with van der Waals surface area (Å²) in [5, 5.41) is 10.8. The first-order chi connectivity index (χ1) is 12.7. The monoisotopic (exact) mass is 364 g/mol. The third-order valence-electron chi connectivity index (χ3n) is 5.34. The standard InChI is InChI=1S/C18H32N6O2/c1-3-19-17(20-13-16-22-15(2)26-23-16)21-14-18(7-5-4-6-8-18)24-9-11-25-12-10-24/h3-14H2,1-2H3,(H2,19,20,21). The number of ether oxygens (including phenoxy) is 1. The van der Waals surface area contributed by atoms with Gasteiger partial charge in [0.25, 0.3) is 0 Å². The van der Waals surface area contributed by atoms with Gasteiger partial charge in [0.05, 0.1) is 13.2 Å². The van der Waals surface area contributed by atoms with Gasteiger partial charge in [-0.25, -0.2) is 4.99 Å². The Morgan fingerprint density at radius 3 is 2.62 bits per heavy atom. The van der Waals surface area contributed by atoms with Gasteiger partial charge < -0.3 is 19.9 Å². The lowest BCUT2D eigenvalue weighted by Crippen LogP contribution is -2.60. The van der Waals surface area contributed by atoms with Gasteiger partial charge in [-0.05, 0) is 19.8 Å². The van der Waals surface area contributed by atoms with E-state index in [2.05, 4.69) is 37.6 Å². The van der Waals surface area contributed by atoms with Gasteiger partial charge in [-0.2, -0.15) is 4.98 Å². The minimum Gasteiger partial charge on any atom is -0.379 e. The molecule has 8 nitrogen and oxygen atoms in total. The number of guanidine groups is 1. The van der Waals surface area contributed by atoms with Crippen LogP contribution < -0.4 is 10.6 Å². The minimum atomic E-state index is 0.209. The fourth-order valence-electron chi connectivity index (χ4n) is 4.00. The third kappa shape index (κ3) is 4.94. The number of aliphatic imine (C=N–C) groups is 1. The molecule has 8 heteroatoms. The Hall–Kier alpha value is -1.67. The van der Waals surface area contributed by atoms with Crippen molar-refractivity contribution < 1.29 is 9.26 Å². The van der Waals surface area contributed by atoms with Crippen LogP contribution in [0.4, 0.5) is 0 Å². The summed E-state index contributed by atoms with van der Waals surface area (Å²) in [6.07, 6.45) is 6.42. The Kier molecular flexibility index (Phi) is 6.85. The third-order valence-corrected chi connectivity index (χ3v) is 5.34. The summed E-state index contributed by atoms with van der Waals surface area (Å²) in [5.41, 5.74) is 0.209. The zero-order chi connectivity index (χ0) is 18.2. The van der Waals surface area contributed by atoms with Gasteiger partial charge in [0.1, 0.15) is 6.54 Å². The van der Waals surface area contributed by atoms with Crippen molar-refractivity contribution in [1.29, 1.82) is 0 Å². The zero-order valence-corrected chi connectivity index (χ0v) is 16.1. The Bertz CT molecular complexity index is 576. The van der Waals surface area contributed by atoms with Gasteiger partial charge in [-0.3, -0.25) is 4.90 Å². The van der Waals surface area contributed by atoms with Crippen LogP contribution in [0.2, 0.25) is 0 Å². The van der Waals surface area contributed by atoms with Crippen LogP contribution in [0.3, 0.4) is 0 Å². The molecular weight excluding hydrogens is 332 g/mol. The molecule has 2 aliphatic rings. The van der Waals surface area contributed by atoms with E-state index >= 15 is 0 Å². The van der Waals surface area contributed by atoms with Crippen molar-refractivity contribution in [2.75, 3.05) is 39.4 Å². The van der Waals surface area contributed by atoms with Crippen molar-refractivity contribution in [3.63, 3.8) is 0 Å². The maximum Gasteiger partial charge on any atom is 0.223 e. The number of hydrogen-bond acceptors (Lipinski definition) is 6. The fourth-order valence-corrected chi connectivity index (χ4v) is 4.00. The molecule has 1 saturated carbocycles. The van der Waals surface area contributed by atoms with Gasteiger partial charge in [0, 0.05) is 38.6 Å². The fraction of sp³-hybridized carbons (Fsp3) is 0.833. The number of morpholine rings is 1. The van der Waals surface area contributed by atoms with Crippen LogP contribution in [0.15, 0.2) is 9.52 Å². The second kappa shape index (κ2) is 9.32. The molecule has 1 aliphatic heterocycles. The predicted octanol–water partition coefficient (Wildman–Crippen LogP) is 1.47. The molecule has 0 atom stereocenters. The maximum absolute atomic E-state index is 5.57. The van der Waals surface area contributed by atoms with Crippen molar-refractivity contribution in [3.8, 4) is 0 Å². The SMILES string of the molecule is CCNC(=NCc1noc(C)n1)NCC1(N2CCOCC2)CCCCC1. The van der Waals surface area contributed by atoms with E-state index in [4.69, 9.17) is 9.26 Å². The molecule has 0 aromatic carbocycles. The second-order valence-corrected chi connectivity index (χ2v) is 7.16. The van der Waals surface area contributed by atoms with Crippen LogP contribution in [0, 0.1) is 6.92 Å². The highest BCUT2D eigenvalue weighted by Gasteiger charge is 2.38. The van der Waals surface area contributed by atoms with Crippen molar-refractivity contribution in [2.45, 2.75) is 58.0 Å². The average molecular weight is 364 g/mol. The Balaban J connectivity index is 1.64. The number of nitrogens with zero attached hydrogens (tertiary/aromatic N) is 4. The first-order valence-electron chi connectivity index (χ1n) is 9.86. The largest absolute Gasteiger partial charge is 0.379 e. The number of aryl methyl sites for hydroxylation is 1. The summed E-state index contributed by atoms with van der Waals surface area (Å²) in [4.78, 5) is 11.5. The Morgan fingerprint density at radius 2 is 1.96 bits per heavy atom. The second-order valence-electron chi connectivity index (χ2n) is 7.16. The van der Waals surface area contributed by atoms with E-state index in [0.29, 0.717) is 18.3 Å². The first kappa shape index (κ1) is 19.1. The molecule has 1 aromatic heterocycles. The quantitative estimate of drug-likeness (QED) is 0.584. The zero-order valence-electron chi connectivity index (χ0n) is 16.1. The maximum atomic E-state index is 5.57. The molecule has 0 bridgehead atoms. The van der Waals surface area contributed by atoms with Crippen molar-refractivity contribution in [3.05, 3.63) is 11.7 Å². The van der Waals surface area contributed by atoms with Crippen LogP contribution in [0.25, 0.3) is 0 Å². The molecule has 1 aliphatic carbocycles. The minimum absolute atomic E-state index is 0.209. The van der Waals surface area contributed by atoms with Crippen molar-refractivity contribution in [1.82, 2.24) is 25.7 Å². The number of nitrogens with one attached hydrogen (secondary N) is 2. The smallest absolute Gasteiger partial charge is 0.223 e.